The topological polar surface area (TPSA) is 42.0 Å². The van der Waals surface area contributed by atoms with E-state index in [0.29, 0.717) is 36.5 Å². The van der Waals surface area contributed by atoms with E-state index in [0.717, 1.165) is 50.3 Å². The molecule has 1 spiro atoms. The van der Waals surface area contributed by atoms with Gasteiger partial charge in [-0.05, 0) is 69.3 Å². The largest absolute Gasteiger partial charge is 0.496 e. The molecule has 0 aromatic heterocycles. The van der Waals surface area contributed by atoms with Gasteiger partial charge in [0.25, 0.3) is 0 Å². The number of halogens is 1. The maximum atomic E-state index is 13.8. The Morgan fingerprint density at radius 1 is 1.21 bits per heavy atom. The van der Waals surface area contributed by atoms with Crippen LogP contribution in [0.4, 0.5) is 4.39 Å². The highest BCUT2D eigenvalue weighted by molar-refractivity contribution is 5.80. The molecule has 1 aromatic carbocycles. The second-order valence-electron chi connectivity index (χ2n) is 9.52. The van der Waals surface area contributed by atoms with Gasteiger partial charge in [0.1, 0.15) is 11.6 Å². The molecule has 0 radical (unpaired) electrons. The Morgan fingerprint density at radius 2 is 1.97 bits per heavy atom. The van der Waals surface area contributed by atoms with Gasteiger partial charge >= 0.3 is 0 Å². The minimum Gasteiger partial charge on any atom is -0.496 e. The monoisotopic (exact) mass is 402 g/mol. The van der Waals surface area contributed by atoms with E-state index >= 15 is 0 Å². The van der Waals surface area contributed by atoms with Crippen LogP contribution in [-0.4, -0.2) is 68.3 Å². The molecule has 1 aliphatic carbocycles. The molecule has 158 valence electrons. The van der Waals surface area contributed by atoms with E-state index < -0.39 is 0 Å². The van der Waals surface area contributed by atoms with Crippen molar-refractivity contribution >= 4 is 5.91 Å². The molecule has 4 aliphatic rings. The summed E-state index contributed by atoms with van der Waals surface area (Å²) >= 11 is 0. The maximum absolute atomic E-state index is 13.8. The zero-order valence-electron chi connectivity index (χ0n) is 17.2. The van der Waals surface area contributed by atoms with Crippen molar-refractivity contribution in [3.63, 3.8) is 0 Å². The van der Waals surface area contributed by atoms with Crippen molar-refractivity contribution in [1.29, 1.82) is 0 Å². The first-order valence-corrected chi connectivity index (χ1v) is 11.0. The highest BCUT2D eigenvalue weighted by Crippen LogP contribution is 2.48. The van der Waals surface area contributed by atoms with Gasteiger partial charge in [-0.2, -0.15) is 0 Å². The summed E-state index contributed by atoms with van der Waals surface area (Å²) in [5.74, 6) is 1.41. The van der Waals surface area contributed by atoms with Crippen LogP contribution in [0.3, 0.4) is 0 Å². The summed E-state index contributed by atoms with van der Waals surface area (Å²) in [5.41, 5.74) is 1.37. The van der Waals surface area contributed by atoms with Crippen molar-refractivity contribution in [3.8, 4) is 5.75 Å². The number of rotatable bonds is 4. The molecule has 1 amide bonds. The van der Waals surface area contributed by atoms with Crippen LogP contribution in [0, 0.1) is 17.2 Å². The van der Waals surface area contributed by atoms with Crippen LogP contribution in [0.5, 0.6) is 5.75 Å². The van der Waals surface area contributed by atoms with Gasteiger partial charge in [0, 0.05) is 30.1 Å². The van der Waals surface area contributed by atoms with Crippen molar-refractivity contribution in [1.82, 2.24) is 9.80 Å². The van der Waals surface area contributed by atoms with Crippen LogP contribution >= 0.6 is 0 Å². The number of hydrogen-bond acceptors (Lipinski definition) is 4. The van der Waals surface area contributed by atoms with Gasteiger partial charge in [-0.1, -0.05) is 0 Å². The highest BCUT2D eigenvalue weighted by atomic mass is 19.1. The van der Waals surface area contributed by atoms with Crippen molar-refractivity contribution < 1.29 is 18.7 Å². The number of amides is 1. The van der Waals surface area contributed by atoms with Crippen LogP contribution in [0.15, 0.2) is 18.2 Å². The minimum absolute atomic E-state index is 0.114. The predicted molar refractivity (Wildman–Crippen MR) is 107 cm³/mol. The molecule has 0 N–H and O–H groups in total. The summed E-state index contributed by atoms with van der Waals surface area (Å²) in [7, 11) is 1.66. The summed E-state index contributed by atoms with van der Waals surface area (Å²) in [5, 5.41) is 0. The lowest BCUT2D eigenvalue weighted by Crippen LogP contribution is -2.61. The number of carbonyl (C=O) groups excluding carboxylic acids is 1. The third-order valence-corrected chi connectivity index (χ3v) is 7.71. The van der Waals surface area contributed by atoms with Crippen LogP contribution < -0.4 is 4.74 Å². The SMILES string of the molecule is COc1ccc(F)cc1C1CCN([C@@H]2CCC3(C2)CN(C(=O)C2COC2)C3)CC1. The summed E-state index contributed by atoms with van der Waals surface area (Å²) < 4.78 is 24.4. The molecule has 3 saturated heterocycles. The van der Waals surface area contributed by atoms with Gasteiger partial charge in [0.2, 0.25) is 5.91 Å². The lowest BCUT2D eigenvalue weighted by atomic mass is 9.77. The fourth-order valence-corrected chi connectivity index (χ4v) is 5.93. The van der Waals surface area contributed by atoms with Crippen LogP contribution in [0.25, 0.3) is 0 Å². The molecule has 6 heteroatoms. The van der Waals surface area contributed by atoms with Gasteiger partial charge in [0.05, 0.1) is 26.2 Å². The molecule has 0 unspecified atom stereocenters. The standard InChI is InChI=1S/C23H31FN2O3/c1-28-21-3-2-18(24)10-20(21)16-5-8-25(9-6-16)19-4-7-23(11-19)14-26(15-23)22(27)17-12-29-13-17/h2-3,10,16-17,19H,4-9,11-15H2,1H3/t19-/m1/s1. The van der Waals surface area contributed by atoms with E-state index in [1.165, 1.54) is 25.3 Å². The molecule has 3 heterocycles. The smallest absolute Gasteiger partial charge is 0.230 e. The number of nitrogens with zero attached hydrogens (tertiary/aromatic N) is 2. The number of ether oxygens (including phenoxy) is 2. The van der Waals surface area contributed by atoms with E-state index in [-0.39, 0.29) is 11.7 Å². The van der Waals surface area contributed by atoms with E-state index in [9.17, 15) is 9.18 Å². The zero-order valence-corrected chi connectivity index (χ0v) is 17.2. The Kier molecular flexibility index (Phi) is 5.03. The lowest BCUT2D eigenvalue weighted by Gasteiger charge is -2.50. The fraction of sp³-hybridized carbons (Fsp3) is 0.696. The summed E-state index contributed by atoms with van der Waals surface area (Å²) in [6, 6.07) is 5.50. The molecule has 5 nitrogen and oxygen atoms in total. The highest BCUT2D eigenvalue weighted by Gasteiger charge is 2.52. The number of carbonyl (C=O) groups is 1. The molecular weight excluding hydrogens is 371 g/mol. The molecule has 0 bridgehead atoms. The van der Waals surface area contributed by atoms with E-state index in [1.807, 2.05) is 0 Å². The maximum Gasteiger partial charge on any atom is 0.230 e. The first-order chi connectivity index (χ1) is 14.1. The Hall–Kier alpha value is -1.66. The average molecular weight is 403 g/mol. The van der Waals surface area contributed by atoms with Crippen molar-refractivity contribution in [2.24, 2.45) is 11.3 Å². The van der Waals surface area contributed by atoms with Gasteiger partial charge in [-0.25, -0.2) is 4.39 Å². The van der Waals surface area contributed by atoms with Crippen molar-refractivity contribution in [2.75, 3.05) is 46.5 Å². The lowest BCUT2D eigenvalue weighted by molar-refractivity contribution is -0.161. The van der Waals surface area contributed by atoms with Crippen LogP contribution in [-0.2, 0) is 9.53 Å². The van der Waals surface area contributed by atoms with Crippen LogP contribution in [0.1, 0.15) is 43.6 Å². The van der Waals surface area contributed by atoms with Gasteiger partial charge in [-0.15, -0.1) is 0 Å². The van der Waals surface area contributed by atoms with Crippen LogP contribution in [0.2, 0.25) is 0 Å². The zero-order chi connectivity index (χ0) is 20.0. The second-order valence-corrected chi connectivity index (χ2v) is 9.52. The fourth-order valence-electron chi connectivity index (χ4n) is 5.93. The minimum atomic E-state index is -0.182. The van der Waals surface area contributed by atoms with E-state index in [2.05, 4.69) is 9.80 Å². The van der Waals surface area contributed by atoms with E-state index in [4.69, 9.17) is 9.47 Å². The van der Waals surface area contributed by atoms with Gasteiger partial charge < -0.3 is 19.3 Å². The van der Waals surface area contributed by atoms with Crippen molar-refractivity contribution in [2.45, 2.75) is 44.1 Å². The number of likely N-dealkylation sites (tertiary alicyclic amines) is 2. The molecule has 1 aromatic rings. The molecule has 29 heavy (non-hydrogen) atoms. The molecule has 1 atom stereocenters. The van der Waals surface area contributed by atoms with Gasteiger partial charge in [0.15, 0.2) is 0 Å². The third-order valence-electron chi connectivity index (χ3n) is 7.71. The molecule has 5 rings (SSSR count). The molecule has 4 fully saturated rings. The Labute approximate surface area is 172 Å². The summed E-state index contributed by atoms with van der Waals surface area (Å²) in [6.45, 7) is 5.22. The second kappa shape index (κ2) is 7.55. The number of piperidine rings is 1. The molecule has 1 saturated carbocycles. The quantitative estimate of drug-likeness (QED) is 0.776. The summed E-state index contributed by atoms with van der Waals surface area (Å²) in [6.07, 6.45) is 5.79. The predicted octanol–water partition coefficient (Wildman–Crippen LogP) is 3.04. The normalized spacial score (nSPS) is 27.7. The first-order valence-electron chi connectivity index (χ1n) is 11.0. The van der Waals surface area contributed by atoms with Gasteiger partial charge in [-0.3, -0.25) is 4.79 Å². The average Bonchev–Trinajstić information content (AvgIpc) is 3.11. The Balaban J connectivity index is 1.14. The first kappa shape index (κ1) is 19.3. The Bertz CT molecular complexity index is 767. The number of hydrogen-bond donors (Lipinski definition) is 0. The van der Waals surface area contributed by atoms with Crippen molar-refractivity contribution in [3.05, 3.63) is 29.6 Å². The molecular formula is C23H31FN2O3. The number of methoxy groups -OCH3 is 1. The third kappa shape index (κ3) is 3.55. The summed E-state index contributed by atoms with van der Waals surface area (Å²) in [4.78, 5) is 17.1. The number of benzene rings is 1. The Morgan fingerprint density at radius 3 is 2.62 bits per heavy atom. The van der Waals surface area contributed by atoms with E-state index in [1.54, 1.807) is 19.2 Å². The molecule has 3 aliphatic heterocycles.